The highest BCUT2D eigenvalue weighted by molar-refractivity contribution is 7.89. The molecule has 2 heterocycles. The molecule has 0 radical (unpaired) electrons. The SMILES string of the molecule is COC(CNC(=O)C(=O)NCC1OCCN1S(=O)(=O)c1ccc2c(c1)OCCO2)OC. The van der Waals surface area contributed by atoms with E-state index in [0.29, 0.717) is 24.7 Å². The molecule has 172 valence electrons. The molecule has 13 heteroatoms. The first-order valence-corrected chi connectivity index (χ1v) is 11.0. The van der Waals surface area contributed by atoms with Crippen molar-refractivity contribution in [1.82, 2.24) is 14.9 Å². The molecule has 1 fully saturated rings. The third-order valence-corrected chi connectivity index (χ3v) is 6.55. The maximum absolute atomic E-state index is 13.1. The normalized spacial score (nSPS) is 18.7. The fraction of sp³-hybridized carbons (Fsp3) is 0.556. The predicted molar refractivity (Wildman–Crippen MR) is 105 cm³/mol. The van der Waals surface area contributed by atoms with Crippen LogP contribution < -0.4 is 20.1 Å². The molecule has 31 heavy (non-hydrogen) atoms. The molecule has 1 aromatic carbocycles. The molecule has 0 spiro atoms. The van der Waals surface area contributed by atoms with Crippen LogP contribution in [0.1, 0.15) is 0 Å². The molecule has 0 bridgehead atoms. The minimum Gasteiger partial charge on any atom is -0.486 e. The zero-order valence-electron chi connectivity index (χ0n) is 17.2. The highest BCUT2D eigenvalue weighted by Gasteiger charge is 2.37. The van der Waals surface area contributed by atoms with Gasteiger partial charge in [0.25, 0.3) is 0 Å². The number of hydrogen-bond acceptors (Lipinski definition) is 9. The van der Waals surface area contributed by atoms with Crippen molar-refractivity contribution >= 4 is 21.8 Å². The van der Waals surface area contributed by atoms with E-state index in [2.05, 4.69) is 10.6 Å². The Labute approximate surface area is 179 Å². The molecule has 12 nitrogen and oxygen atoms in total. The first-order chi connectivity index (χ1) is 14.9. The molecule has 2 aliphatic heterocycles. The molecular weight excluding hydrogens is 434 g/mol. The molecule has 1 atom stereocenters. The maximum atomic E-state index is 13.1. The van der Waals surface area contributed by atoms with Gasteiger partial charge in [-0.05, 0) is 12.1 Å². The molecule has 0 aromatic heterocycles. The third kappa shape index (κ3) is 5.43. The van der Waals surface area contributed by atoms with Crippen LogP contribution in [0.25, 0.3) is 0 Å². The van der Waals surface area contributed by atoms with Gasteiger partial charge >= 0.3 is 11.8 Å². The fourth-order valence-corrected chi connectivity index (χ4v) is 4.57. The van der Waals surface area contributed by atoms with Crippen molar-refractivity contribution in [2.24, 2.45) is 0 Å². The van der Waals surface area contributed by atoms with Crippen molar-refractivity contribution < 1.29 is 41.7 Å². The van der Waals surface area contributed by atoms with Gasteiger partial charge in [-0.3, -0.25) is 9.59 Å². The van der Waals surface area contributed by atoms with E-state index in [0.717, 1.165) is 4.31 Å². The predicted octanol–water partition coefficient (Wildman–Crippen LogP) is -1.34. The molecule has 1 saturated heterocycles. The van der Waals surface area contributed by atoms with Crippen LogP contribution in [0.2, 0.25) is 0 Å². The number of nitrogens with one attached hydrogen (secondary N) is 2. The number of benzene rings is 1. The smallest absolute Gasteiger partial charge is 0.309 e. The lowest BCUT2D eigenvalue weighted by molar-refractivity contribution is -0.142. The highest BCUT2D eigenvalue weighted by atomic mass is 32.2. The maximum Gasteiger partial charge on any atom is 0.309 e. The lowest BCUT2D eigenvalue weighted by atomic mass is 10.3. The second-order valence-corrected chi connectivity index (χ2v) is 8.46. The molecule has 2 N–H and O–H groups in total. The van der Waals surface area contributed by atoms with Gasteiger partial charge in [0.05, 0.1) is 24.6 Å². The number of sulfonamides is 1. The van der Waals surface area contributed by atoms with E-state index < -0.39 is 34.4 Å². The van der Waals surface area contributed by atoms with Crippen LogP contribution >= 0.6 is 0 Å². The van der Waals surface area contributed by atoms with Gasteiger partial charge in [0.2, 0.25) is 10.0 Å². The zero-order chi connectivity index (χ0) is 22.4. The van der Waals surface area contributed by atoms with Crippen molar-refractivity contribution in [3.8, 4) is 11.5 Å². The first-order valence-electron chi connectivity index (χ1n) is 9.51. The summed E-state index contributed by atoms with van der Waals surface area (Å²) in [7, 11) is -1.14. The van der Waals surface area contributed by atoms with E-state index in [1.54, 1.807) is 0 Å². The molecule has 3 rings (SSSR count). The van der Waals surface area contributed by atoms with Gasteiger partial charge in [-0.25, -0.2) is 8.42 Å². The first kappa shape index (κ1) is 23.2. The summed E-state index contributed by atoms with van der Waals surface area (Å²) in [5, 5.41) is 4.74. The van der Waals surface area contributed by atoms with Gasteiger partial charge in [-0.2, -0.15) is 4.31 Å². The molecule has 1 unspecified atom stereocenters. The number of hydrogen-bond donors (Lipinski definition) is 2. The topological polar surface area (TPSA) is 142 Å². The van der Waals surface area contributed by atoms with Crippen molar-refractivity contribution in [2.45, 2.75) is 17.4 Å². The van der Waals surface area contributed by atoms with Gasteiger partial charge in [-0.1, -0.05) is 0 Å². The molecular formula is C18H25N3O9S. The number of carbonyl (C=O) groups excluding carboxylic acids is 2. The summed E-state index contributed by atoms with van der Waals surface area (Å²) in [4.78, 5) is 23.9. The van der Waals surface area contributed by atoms with E-state index in [1.165, 1.54) is 32.4 Å². The van der Waals surface area contributed by atoms with E-state index in [4.69, 9.17) is 23.7 Å². The van der Waals surface area contributed by atoms with Gasteiger partial charge in [0, 0.05) is 26.8 Å². The van der Waals surface area contributed by atoms with E-state index in [-0.39, 0.29) is 31.1 Å². The Hall–Kier alpha value is -2.45. The number of fused-ring (bicyclic) bond motifs is 1. The third-order valence-electron chi connectivity index (χ3n) is 4.66. The monoisotopic (exact) mass is 459 g/mol. The lowest BCUT2D eigenvalue weighted by Crippen LogP contribution is -2.48. The van der Waals surface area contributed by atoms with Crippen LogP contribution in [-0.2, 0) is 33.8 Å². The number of ether oxygens (including phenoxy) is 5. The summed E-state index contributed by atoms with van der Waals surface area (Å²) in [6.45, 7) is 0.756. The summed E-state index contributed by atoms with van der Waals surface area (Å²) in [6, 6.07) is 4.35. The Bertz CT molecular complexity index is 905. The number of nitrogens with zero attached hydrogens (tertiary/aromatic N) is 1. The van der Waals surface area contributed by atoms with Gasteiger partial charge < -0.3 is 34.3 Å². The summed E-state index contributed by atoms with van der Waals surface area (Å²) >= 11 is 0. The quantitative estimate of drug-likeness (QED) is 0.357. The summed E-state index contributed by atoms with van der Waals surface area (Å²) in [6.07, 6.45) is -1.65. The Morgan fingerprint density at radius 1 is 1.10 bits per heavy atom. The van der Waals surface area contributed by atoms with Crippen LogP contribution in [0.4, 0.5) is 0 Å². The number of rotatable bonds is 8. The Morgan fingerprint density at radius 3 is 2.48 bits per heavy atom. The van der Waals surface area contributed by atoms with Crippen LogP contribution in [0, 0.1) is 0 Å². The van der Waals surface area contributed by atoms with Crippen LogP contribution in [0.3, 0.4) is 0 Å². The van der Waals surface area contributed by atoms with Gasteiger partial charge in [0.1, 0.15) is 19.4 Å². The largest absolute Gasteiger partial charge is 0.486 e. The molecule has 0 aliphatic carbocycles. The van der Waals surface area contributed by atoms with Crippen molar-refractivity contribution in [3.05, 3.63) is 18.2 Å². The lowest BCUT2D eigenvalue weighted by Gasteiger charge is -2.24. The van der Waals surface area contributed by atoms with Gasteiger partial charge in [-0.15, -0.1) is 0 Å². The van der Waals surface area contributed by atoms with Crippen LogP contribution in [0.5, 0.6) is 11.5 Å². The number of carbonyl (C=O) groups is 2. The molecule has 2 aliphatic rings. The number of amides is 2. The highest BCUT2D eigenvalue weighted by Crippen LogP contribution is 2.34. The van der Waals surface area contributed by atoms with E-state index in [1.807, 2.05) is 0 Å². The standard InChI is InChI=1S/C18H25N3O9S/c1-26-16(27-2)11-20-18(23)17(22)19-10-15-21(5-6-30-15)31(24,25)12-3-4-13-14(9-12)29-8-7-28-13/h3-4,9,15-16H,5-8,10-11H2,1-2H3,(H,19,22)(H,20,23). The van der Waals surface area contributed by atoms with E-state index in [9.17, 15) is 18.0 Å². The minimum absolute atomic E-state index is 0.0153. The fourth-order valence-electron chi connectivity index (χ4n) is 3.04. The summed E-state index contributed by atoms with van der Waals surface area (Å²) in [5.41, 5.74) is 0. The Balaban J connectivity index is 1.60. The van der Waals surface area contributed by atoms with Crippen molar-refractivity contribution in [2.75, 3.05) is 53.7 Å². The Kier molecular flexibility index (Phi) is 7.67. The van der Waals surface area contributed by atoms with Crippen LogP contribution in [0.15, 0.2) is 23.1 Å². The second kappa shape index (κ2) is 10.2. The number of methoxy groups -OCH3 is 2. The second-order valence-electron chi connectivity index (χ2n) is 6.57. The summed E-state index contributed by atoms with van der Waals surface area (Å²) in [5.74, 6) is -1.02. The molecule has 2 amide bonds. The zero-order valence-corrected chi connectivity index (χ0v) is 18.0. The molecule has 1 aromatic rings. The van der Waals surface area contributed by atoms with Crippen LogP contribution in [-0.4, -0.2) is 90.7 Å². The Morgan fingerprint density at radius 2 is 1.77 bits per heavy atom. The minimum atomic E-state index is -3.93. The van der Waals surface area contributed by atoms with E-state index >= 15 is 0 Å². The van der Waals surface area contributed by atoms with Gasteiger partial charge in [0.15, 0.2) is 17.8 Å². The molecule has 0 saturated carbocycles. The average molecular weight is 459 g/mol. The van der Waals surface area contributed by atoms with Crippen molar-refractivity contribution in [3.63, 3.8) is 0 Å². The van der Waals surface area contributed by atoms with Crippen molar-refractivity contribution in [1.29, 1.82) is 0 Å². The average Bonchev–Trinajstić information content (AvgIpc) is 3.27. The summed E-state index contributed by atoms with van der Waals surface area (Å²) < 4.78 is 53.5.